The minimum Gasteiger partial charge on any atom is -0.435 e. The number of carbonyl (C=O) groups excluding carboxylic acids is 2. The summed E-state index contributed by atoms with van der Waals surface area (Å²) in [4.78, 5) is 26.9. The second-order valence-electron chi connectivity index (χ2n) is 7.67. The molecule has 1 aromatic rings. The zero-order chi connectivity index (χ0) is 19.6. The van der Waals surface area contributed by atoms with E-state index in [1.807, 2.05) is 4.90 Å². The smallest absolute Gasteiger partial charge is 0.387 e. The maximum atomic E-state index is 12.6. The maximum Gasteiger partial charge on any atom is 0.387 e. The van der Waals surface area contributed by atoms with Crippen molar-refractivity contribution in [2.24, 2.45) is 17.8 Å². The Morgan fingerprint density at radius 1 is 1.22 bits per heavy atom. The van der Waals surface area contributed by atoms with Crippen molar-refractivity contribution in [3.63, 3.8) is 0 Å². The minimum atomic E-state index is -2.88. The average Bonchev–Trinajstić information content (AvgIpc) is 3.00. The lowest BCUT2D eigenvalue weighted by atomic mass is 9.77. The van der Waals surface area contributed by atoms with Gasteiger partial charge in [-0.05, 0) is 42.5 Å². The number of hydrogen-bond acceptors (Lipinski definition) is 3. The van der Waals surface area contributed by atoms with E-state index in [-0.39, 0.29) is 35.9 Å². The molecule has 0 aromatic heterocycles. The summed E-state index contributed by atoms with van der Waals surface area (Å²) in [7, 11) is 0. The monoisotopic (exact) mass is 380 g/mol. The van der Waals surface area contributed by atoms with Crippen LogP contribution in [0.5, 0.6) is 5.75 Å². The van der Waals surface area contributed by atoms with Crippen LogP contribution < -0.4 is 10.1 Å². The van der Waals surface area contributed by atoms with E-state index < -0.39 is 6.61 Å². The Morgan fingerprint density at radius 2 is 1.93 bits per heavy atom. The fraction of sp³-hybridized carbons (Fsp3) is 0.600. The molecule has 1 aliphatic carbocycles. The SMILES string of the molecule is C[C@@H]1[C@H](C)CCC[C@@H]1N1C[C@H](C(=O)Nc2ccc(OC(F)F)cc2)CC1=O. The summed E-state index contributed by atoms with van der Waals surface area (Å²) < 4.78 is 28.7. The number of carbonyl (C=O) groups is 2. The molecule has 0 radical (unpaired) electrons. The summed E-state index contributed by atoms with van der Waals surface area (Å²) in [6.45, 7) is 1.98. The quantitative estimate of drug-likeness (QED) is 0.843. The molecule has 0 spiro atoms. The summed E-state index contributed by atoms with van der Waals surface area (Å²) >= 11 is 0. The van der Waals surface area contributed by atoms with E-state index in [2.05, 4.69) is 23.9 Å². The van der Waals surface area contributed by atoms with Gasteiger partial charge >= 0.3 is 6.61 Å². The number of nitrogens with one attached hydrogen (secondary N) is 1. The summed E-state index contributed by atoms with van der Waals surface area (Å²) in [5.41, 5.74) is 0.493. The molecule has 0 unspecified atom stereocenters. The van der Waals surface area contributed by atoms with Crippen LogP contribution in [0.3, 0.4) is 0 Å². The number of rotatable bonds is 5. The molecule has 3 rings (SSSR count). The molecule has 27 heavy (non-hydrogen) atoms. The Labute approximate surface area is 158 Å². The summed E-state index contributed by atoms with van der Waals surface area (Å²) in [6.07, 6.45) is 3.52. The first kappa shape index (κ1) is 19.6. The zero-order valence-corrected chi connectivity index (χ0v) is 15.7. The van der Waals surface area contributed by atoms with Crippen molar-refractivity contribution in [2.75, 3.05) is 11.9 Å². The molecule has 7 heteroatoms. The predicted octanol–water partition coefficient (Wildman–Crippen LogP) is 3.90. The van der Waals surface area contributed by atoms with Crippen molar-refractivity contribution in [1.29, 1.82) is 0 Å². The van der Waals surface area contributed by atoms with Crippen LogP contribution in [0, 0.1) is 17.8 Å². The minimum absolute atomic E-state index is 0.0330. The topological polar surface area (TPSA) is 58.6 Å². The first-order chi connectivity index (χ1) is 12.8. The van der Waals surface area contributed by atoms with Crippen molar-refractivity contribution < 1.29 is 23.1 Å². The molecule has 0 bridgehead atoms. The fourth-order valence-corrected chi connectivity index (χ4v) is 4.19. The van der Waals surface area contributed by atoms with Crippen LogP contribution >= 0.6 is 0 Å². The van der Waals surface area contributed by atoms with Crippen molar-refractivity contribution in [3.8, 4) is 5.75 Å². The van der Waals surface area contributed by atoms with Gasteiger partial charge < -0.3 is 15.0 Å². The van der Waals surface area contributed by atoms with Gasteiger partial charge in [0.1, 0.15) is 5.75 Å². The third-order valence-electron chi connectivity index (χ3n) is 5.94. The molecule has 4 atom stereocenters. The third-order valence-corrected chi connectivity index (χ3v) is 5.94. The van der Waals surface area contributed by atoms with E-state index in [0.29, 0.717) is 24.1 Å². The molecule has 5 nitrogen and oxygen atoms in total. The molecular weight excluding hydrogens is 354 g/mol. The largest absolute Gasteiger partial charge is 0.435 e. The normalized spacial score (nSPS) is 28.5. The lowest BCUT2D eigenvalue weighted by Gasteiger charge is -2.40. The predicted molar refractivity (Wildman–Crippen MR) is 97.5 cm³/mol. The average molecular weight is 380 g/mol. The van der Waals surface area contributed by atoms with Gasteiger partial charge in [-0.3, -0.25) is 9.59 Å². The highest BCUT2D eigenvalue weighted by Gasteiger charge is 2.41. The van der Waals surface area contributed by atoms with Gasteiger partial charge in [0.05, 0.1) is 5.92 Å². The first-order valence-electron chi connectivity index (χ1n) is 9.50. The van der Waals surface area contributed by atoms with Gasteiger partial charge in [0, 0.05) is 24.7 Å². The van der Waals surface area contributed by atoms with Crippen LogP contribution in [0.25, 0.3) is 0 Å². The molecule has 2 fully saturated rings. The molecule has 1 aliphatic heterocycles. The van der Waals surface area contributed by atoms with Crippen molar-refractivity contribution in [3.05, 3.63) is 24.3 Å². The molecule has 2 amide bonds. The summed E-state index contributed by atoms with van der Waals surface area (Å²) in [5, 5.41) is 2.77. The molecule has 1 saturated heterocycles. The number of nitrogens with zero attached hydrogens (tertiary/aromatic N) is 1. The van der Waals surface area contributed by atoms with E-state index in [4.69, 9.17) is 0 Å². The third kappa shape index (κ3) is 4.57. The summed E-state index contributed by atoms with van der Waals surface area (Å²) in [5.74, 6) is 0.488. The summed E-state index contributed by atoms with van der Waals surface area (Å²) in [6, 6.07) is 5.98. The van der Waals surface area contributed by atoms with Gasteiger partial charge in [-0.15, -0.1) is 0 Å². The lowest BCUT2D eigenvalue weighted by molar-refractivity contribution is -0.131. The molecule has 1 N–H and O–H groups in total. The van der Waals surface area contributed by atoms with E-state index >= 15 is 0 Å². The molecular formula is C20H26F2N2O3. The van der Waals surface area contributed by atoms with Crippen molar-refractivity contribution >= 4 is 17.5 Å². The van der Waals surface area contributed by atoms with Crippen LogP contribution in [0.2, 0.25) is 0 Å². The Balaban J connectivity index is 1.59. The Kier molecular flexibility index (Phi) is 5.97. The second-order valence-corrected chi connectivity index (χ2v) is 7.67. The van der Waals surface area contributed by atoms with Crippen LogP contribution in [0.4, 0.5) is 14.5 Å². The number of amides is 2. The highest BCUT2D eigenvalue weighted by atomic mass is 19.3. The van der Waals surface area contributed by atoms with Crippen LogP contribution in [-0.2, 0) is 9.59 Å². The Bertz CT molecular complexity index is 680. The van der Waals surface area contributed by atoms with Gasteiger partial charge in [0.25, 0.3) is 0 Å². The van der Waals surface area contributed by atoms with Gasteiger partial charge in [-0.2, -0.15) is 8.78 Å². The zero-order valence-electron chi connectivity index (χ0n) is 15.7. The van der Waals surface area contributed by atoms with Gasteiger partial charge in [0.2, 0.25) is 11.8 Å². The van der Waals surface area contributed by atoms with Gasteiger partial charge in [-0.25, -0.2) is 0 Å². The molecule has 148 valence electrons. The number of alkyl halides is 2. The molecule has 2 aliphatic rings. The van der Waals surface area contributed by atoms with E-state index in [9.17, 15) is 18.4 Å². The highest BCUT2D eigenvalue weighted by molar-refractivity contribution is 5.97. The van der Waals surface area contributed by atoms with Gasteiger partial charge in [0.15, 0.2) is 0 Å². The number of ether oxygens (including phenoxy) is 1. The van der Waals surface area contributed by atoms with Gasteiger partial charge in [-0.1, -0.05) is 26.7 Å². The first-order valence-corrected chi connectivity index (χ1v) is 9.50. The number of anilines is 1. The standard InChI is InChI=1S/C20H26F2N2O3/c1-12-4-3-5-17(13(12)2)24-11-14(10-18(24)25)19(26)23-15-6-8-16(9-7-15)27-20(21)22/h6-9,12-14,17,20H,3-5,10-11H2,1-2H3,(H,23,26)/t12-,13-,14-,17+/m1/s1. The second kappa shape index (κ2) is 8.23. The van der Waals surface area contributed by atoms with Crippen LogP contribution in [0.1, 0.15) is 39.5 Å². The highest BCUT2D eigenvalue weighted by Crippen LogP contribution is 2.36. The Hall–Kier alpha value is -2.18. The number of halogens is 2. The number of benzene rings is 1. The van der Waals surface area contributed by atoms with Crippen molar-refractivity contribution in [2.45, 2.75) is 52.2 Å². The van der Waals surface area contributed by atoms with Crippen LogP contribution in [-0.4, -0.2) is 35.9 Å². The fourth-order valence-electron chi connectivity index (χ4n) is 4.19. The van der Waals surface area contributed by atoms with E-state index in [0.717, 1.165) is 12.8 Å². The number of likely N-dealkylation sites (tertiary alicyclic amines) is 1. The molecule has 1 heterocycles. The lowest BCUT2D eigenvalue weighted by Crippen LogP contribution is -2.45. The van der Waals surface area contributed by atoms with E-state index in [1.165, 1.54) is 30.7 Å². The van der Waals surface area contributed by atoms with Crippen molar-refractivity contribution in [1.82, 2.24) is 4.90 Å². The van der Waals surface area contributed by atoms with E-state index in [1.54, 1.807) is 0 Å². The molecule has 1 aromatic carbocycles. The maximum absolute atomic E-state index is 12.6. The Morgan fingerprint density at radius 3 is 2.59 bits per heavy atom. The number of hydrogen-bond donors (Lipinski definition) is 1. The van der Waals surface area contributed by atoms with Crippen LogP contribution in [0.15, 0.2) is 24.3 Å². The molecule has 1 saturated carbocycles.